The van der Waals surface area contributed by atoms with Crippen LogP contribution in [0.2, 0.25) is 0 Å². The fourth-order valence-corrected chi connectivity index (χ4v) is 2.76. The second-order valence-electron chi connectivity index (χ2n) is 3.74. The minimum atomic E-state index is -0.127. The molecule has 0 fully saturated rings. The molecule has 1 N–H and O–H groups in total. The number of ketones is 1. The predicted octanol–water partition coefficient (Wildman–Crippen LogP) is 3.08. The highest BCUT2D eigenvalue weighted by atomic mass is 32.2. The first-order valence-corrected chi connectivity index (χ1v) is 7.40. The van der Waals surface area contributed by atoms with Crippen molar-refractivity contribution in [2.75, 3.05) is 11.1 Å². The molecule has 0 saturated heterocycles. The van der Waals surface area contributed by atoms with Gasteiger partial charge in [-0.1, -0.05) is 29.5 Å². The molecule has 0 radical (unpaired) electrons. The van der Waals surface area contributed by atoms with E-state index in [1.54, 1.807) is 0 Å². The summed E-state index contributed by atoms with van der Waals surface area (Å²) in [6, 6.07) is 9.70. The van der Waals surface area contributed by atoms with Gasteiger partial charge in [0, 0.05) is 11.8 Å². The summed E-state index contributed by atoms with van der Waals surface area (Å²) < 4.78 is 0. The second-order valence-corrected chi connectivity index (χ2v) is 5.82. The molecule has 98 valence electrons. The van der Waals surface area contributed by atoms with Crippen LogP contribution in [0.5, 0.6) is 0 Å². The number of nitrogens with zero attached hydrogens (tertiary/aromatic N) is 1. The van der Waals surface area contributed by atoms with Crippen LogP contribution in [0.25, 0.3) is 0 Å². The lowest BCUT2D eigenvalue weighted by atomic mass is 10.4. The van der Waals surface area contributed by atoms with Crippen molar-refractivity contribution >= 4 is 39.9 Å². The van der Waals surface area contributed by atoms with E-state index in [2.05, 4.69) is 10.3 Å². The van der Waals surface area contributed by atoms with Crippen molar-refractivity contribution in [3.05, 3.63) is 41.4 Å². The van der Waals surface area contributed by atoms with Crippen LogP contribution in [0.15, 0.2) is 41.4 Å². The van der Waals surface area contributed by atoms with Crippen molar-refractivity contribution in [3.63, 3.8) is 0 Å². The van der Waals surface area contributed by atoms with Gasteiger partial charge in [-0.15, -0.1) is 11.8 Å². The highest BCUT2D eigenvalue weighted by Crippen LogP contribution is 2.20. The minimum absolute atomic E-state index is 0.0448. The van der Waals surface area contributed by atoms with Gasteiger partial charge >= 0.3 is 0 Å². The first-order valence-electron chi connectivity index (χ1n) is 5.59. The van der Waals surface area contributed by atoms with Crippen LogP contribution in [0.3, 0.4) is 0 Å². The van der Waals surface area contributed by atoms with E-state index < -0.39 is 0 Å². The Morgan fingerprint density at radius 2 is 2.05 bits per heavy atom. The largest absolute Gasteiger partial charge is 0.301 e. The minimum Gasteiger partial charge on any atom is -0.301 e. The lowest BCUT2D eigenvalue weighted by molar-refractivity contribution is -0.113. The standard InChI is InChI=1S/C13H12N2O2S2/c1-9(16)11-7-14-13(19-11)15-12(17)8-18-10-5-3-2-4-6-10/h2-7H,8H2,1H3,(H,14,15,17). The first-order chi connectivity index (χ1) is 9.15. The third-order valence-electron chi connectivity index (χ3n) is 2.21. The molecule has 6 heteroatoms. The Balaban J connectivity index is 1.85. The molecule has 4 nitrogen and oxygen atoms in total. The van der Waals surface area contributed by atoms with Gasteiger partial charge in [0.05, 0.1) is 16.8 Å². The monoisotopic (exact) mass is 292 g/mol. The molecule has 0 aliphatic heterocycles. The lowest BCUT2D eigenvalue weighted by Gasteiger charge is -2.01. The molecule has 1 amide bonds. The Kier molecular flexibility index (Phi) is 4.70. The van der Waals surface area contributed by atoms with E-state index in [9.17, 15) is 9.59 Å². The summed E-state index contributed by atoms with van der Waals surface area (Å²) in [5, 5.41) is 3.14. The summed E-state index contributed by atoms with van der Waals surface area (Å²) in [6.07, 6.45) is 1.48. The summed E-state index contributed by atoms with van der Waals surface area (Å²) in [4.78, 5) is 28.4. The van der Waals surface area contributed by atoms with Gasteiger partial charge in [-0.2, -0.15) is 0 Å². The van der Waals surface area contributed by atoms with E-state index in [1.807, 2.05) is 30.3 Å². The van der Waals surface area contributed by atoms with Gasteiger partial charge in [0.15, 0.2) is 10.9 Å². The Labute approximate surface area is 119 Å². The topological polar surface area (TPSA) is 59.1 Å². The van der Waals surface area contributed by atoms with Crippen molar-refractivity contribution in [1.82, 2.24) is 4.98 Å². The van der Waals surface area contributed by atoms with E-state index in [4.69, 9.17) is 0 Å². The zero-order valence-electron chi connectivity index (χ0n) is 10.3. The van der Waals surface area contributed by atoms with Gasteiger partial charge in [0.25, 0.3) is 0 Å². The highest BCUT2D eigenvalue weighted by molar-refractivity contribution is 8.00. The molecule has 2 rings (SSSR count). The zero-order chi connectivity index (χ0) is 13.7. The Bertz CT molecular complexity index is 581. The van der Waals surface area contributed by atoms with E-state index in [0.717, 1.165) is 4.90 Å². The van der Waals surface area contributed by atoms with Gasteiger partial charge in [0.1, 0.15) is 0 Å². The zero-order valence-corrected chi connectivity index (χ0v) is 11.9. The van der Waals surface area contributed by atoms with Crippen molar-refractivity contribution in [2.45, 2.75) is 11.8 Å². The third kappa shape index (κ3) is 4.18. The predicted molar refractivity (Wildman–Crippen MR) is 77.9 cm³/mol. The molecule has 0 saturated carbocycles. The Hall–Kier alpha value is -1.66. The van der Waals surface area contributed by atoms with E-state index >= 15 is 0 Å². The number of hydrogen-bond donors (Lipinski definition) is 1. The average Bonchev–Trinajstić information content (AvgIpc) is 2.86. The van der Waals surface area contributed by atoms with Crippen LogP contribution in [0.4, 0.5) is 5.13 Å². The van der Waals surface area contributed by atoms with Gasteiger partial charge in [-0.05, 0) is 12.1 Å². The van der Waals surface area contributed by atoms with Crippen molar-refractivity contribution in [2.24, 2.45) is 0 Å². The second kappa shape index (κ2) is 6.49. The molecular weight excluding hydrogens is 280 g/mol. The van der Waals surface area contributed by atoms with Crippen LogP contribution in [0, 0.1) is 0 Å². The number of Topliss-reactive ketones (excluding diaryl/α,β-unsaturated/α-hetero) is 1. The van der Waals surface area contributed by atoms with Gasteiger partial charge in [0.2, 0.25) is 5.91 Å². The normalized spacial score (nSPS) is 10.2. The maximum absolute atomic E-state index is 11.7. The number of benzene rings is 1. The van der Waals surface area contributed by atoms with Crippen LogP contribution < -0.4 is 5.32 Å². The molecule has 19 heavy (non-hydrogen) atoms. The van der Waals surface area contributed by atoms with Crippen molar-refractivity contribution < 1.29 is 9.59 Å². The van der Waals surface area contributed by atoms with E-state index in [-0.39, 0.29) is 11.7 Å². The number of rotatable bonds is 5. The third-order valence-corrected chi connectivity index (χ3v) is 4.24. The molecule has 0 unspecified atom stereocenters. The van der Waals surface area contributed by atoms with Crippen LogP contribution in [-0.4, -0.2) is 22.4 Å². The molecule has 1 aromatic carbocycles. The van der Waals surface area contributed by atoms with Gasteiger partial charge in [-0.25, -0.2) is 4.98 Å². The van der Waals surface area contributed by atoms with Crippen LogP contribution >= 0.6 is 23.1 Å². The smallest absolute Gasteiger partial charge is 0.236 e. The molecule has 0 atom stereocenters. The SMILES string of the molecule is CC(=O)c1cnc(NC(=O)CSc2ccccc2)s1. The van der Waals surface area contributed by atoms with Crippen LogP contribution in [0.1, 0.15) is 16.6 Å². The maximum atomic E-state index is 11.7. The molecule has 0 aliphatic carbocycles. The summed E-state index contributed by atoms with van der Waals surface area (Å²) in [5.74, 6) is 0.147. The van der Waals surface area contributed by atoms with Gasteiger partial charge < -0.3 is 5.32 Å². The van der Waals surface area contributed by atoms with Gasteiger partial charge in [-0.3, -0.25) is 9.59 Å². The molecule has 2 aromatic rings. The highest BCUT2D eigenvalue weighted by Gasteiger charge is 2.09. The fourth-order valence-electron chi connectivity index (χ4n) is 1.32. The van der Waals surface area contributed by atoms with E-state index in [0.29, 0.717) is 15.8 Å². The summed E-state index contributed by atoms with van der Waals surface area (Å²) in [7, 11) is 0. The number of carbonyl (C=O) groups is 2. The number of thioether (sulfide) groups is 1. The molecule has 0 aliphatic rings. The van der Waals surface area contributed by atoms with Crippen molar-refractivity contribution in [3.8, 4) is 0 Å². The number of thiazole rings is 1. The fraction of sp³-hybridized carbons (Fsp3) is 0.154. The Morgan fingerprint density at radius 3 is 2.68 bits per heavy atom. The number of amides is 1. The summed E-state index contributed by atoms with van der Waals surface area (Å²) in [5.41, 5.74) is 0. The average molecular weight is 292 g/mol. The van der Waals surface area contributed by atoms with Crippen LogP contribution in [-0.2, 0) is 4.79 Å². The molecule has 1 aromatic heterocycles. The lowest BCUT2D eigenvalue weighted by Crippen LogP contribution is -2.13. The summed E-state index contributed by atoms with van der Waals surface area (Å²) >= 11 is 2.65. The van der Waals surface area contributed by atoms with Crippen molar-refractivity contribution in [1.29, 1.82) is 0 Å². The Morgan fingerprint density at radius 1 is 1.32 bits per heavy atom. The number of nitrogens with one attached hydrogen (secondary N) is 1. The number of carbonyl (C=O) groups excluding carboxylic acids is 2. The number of anilines is 1. The number of hydrogen-bond acceptors (Lipinski definition) is 5. The first kappa shape index (κ1) is 13.8. The summed E-state index contributed by atoms with van der Waals surface area (Å²) in [6.45, 7) is 1.48. The molecule has 0 bridgehead atoms. The molecule has 1 heterocycles. The molecular formula is C13H12N2O2S2. The maximum Gasteiger partial charge on any atom is 0.236 e. The van der Waals surface area contributed by atoms with E-state index in [1.165, 1.54) is 36.2 Å². The quantitative estimate of drug-likeness (QED) is 0.679. The number of aromatic nitrogens is 1. The molecule has 0 spiro atoms.